The second kappa shape index (κ2) is 6.13. The van der Waals surface area contributed by atoms with Gasteiger partial charge in [-0.05, 0) is 30.5 Å². The van der Waals surface area contributed by atoms with Crippen LogP contribution in [0, 0.1) is 0 Å². The first-order chi connectivity index (χ1) is 9.83. The first-order valence-electron chi connectivity index (χ1n) is 6.83. The van der Waals surface area contributed by atoms with E-state index in [0.29, 0.717) is 0 Å². The van der Waals surface area contributed by atoms with Gasteiger partial charge in [0.15, 0.2) is 5.16 Å². The molecule has 3 rings (SSSR count). The molecular formula is C15H17N3OS. The molecule has 0 aliphatic carbocycles. The normalized spacial score (nSPS) is 14.7. The molecule has 104 valence electrons. The van der Waals surface area contributed by atoms with E-state index in [1.807, 2.05) is 35.4 Å². The Morgan fingerprint density at radius 3 is 2.65 bits per heavy atom. The summed E-state index contributed by atoms with van der Waals surface area (Å²) in [7, 11) is 0. The van der Waals surface area contributed by atoms with Crippen molar-refractivity contribution >= 4 is 17.7 Å². The third kappa shape index (κ3) is 3.04. The third-order valence-corrected chi connectivity index (χ3v) is 4.42. The lowest BCUT2D eigenvalue weighted by atomic mass is 10.1. The largest absolute Gasteiger partial charge is 0.340 e. The van der Waals surface area contributed by atoms with E-state index in [1.165, 1.54) is 5.56 Å². The Hall–Kier alpha value is -1.75. The highest BCUT2D eigenvalue weighted by Crippen LogP contribution is 2.20. The Morgan fingerprint density at radius 1 is 1.25 bits per heavy atom. The number of H-pyrrole nitrogens is 1. The minimum Gasteiger partial charge on any atom is -0.340 e. The van der Waals surface area contributed by atoms with Crippen molar-refractivity contribution in [3.63, 3.8) is 0 Å². The Labute approximate surface area is 122 Å². The van der Waals surface area contributed by atoms with Gasteiger partial charge in [-0.25, -0.2) is 4.98 Å². The summed E-state index contributed by atoms with van der Waals surface area (Å²) >= 11 is 1.66. The highest BCUT2D eigenvalue weighted by atomic mass is 32.2. The summed E-state index contributed by atoms with van der Waals surface area (Å²) in [4.78, 5) is 21.4. The van der Waals surface area contributed by atoms with E-state index >= 15 is 0 Å². The van der Waals surface area contributed by atoms with E-state index in [-0.39, 0.29) is 5.91 Å². The Balaban J connectivity index is 1.60. The topological polar surface area (TPSA) is 49.0 Å². The van der Waals surface area contributed by atoms with Gasteiger partial charge >= 0.3 is 0 Å². The molecule has 1 saturated heterocycles. The highest BCUT2D eigenvalue weighted by molar-refractivity contribution is 7.98. The molecule has 1 aromatic heterocycles. The minimum absolute atomic E-state index is 0.160. The lowest BCUT2D eigenvalue weighted by Crippen LogP contribution is -2.27. The van der Waals surface area contributed by atoms with Crippen LogP contribution in [-0.2, 0) is 5.75 Å². The average Bonchev–Trinajstić information content (AvgIpc) is 3.18. The molecule has 0 atom stereocenters. The number of nitrogens with zero attached hydrogens (tertiary/aromatic N) is 2. The summed E-state index contributed by atoms with van der Waals surface area (Å²) in [5.74, 6) is 1.01. The molecule has 1 aliphatic heterocycles. The summed E-state index contributed by atoms with van der Waals surface area (Å²) in [6.45, 7) is 1.80. The van der Waals surface area contributed by atoms with E-state index in [1.54, 1.807) is 18.0 Å². The van der Waals surface area contributed by atoms with Gasteiger partial charge in [0.25, 0.3) is 5.91 Å². The van der Waals surface area contributed by atoms with E-state index in [9.17, 15) is 4.79 Å². The van der Waals surface area contributed by atoms with Crippen LogP contribution in [0.4, 0.5) is 0 Å². The molecule has 5 heteroatoms. The maximum Gasteiger partial charge on any atom is 0.253 e. The molecule has 1 aromatic carbocycles. The van der Waals surface area contributed by atoms with Gasteiger partial charge < -0.3 is 9.88 Å². The third-order valence-electron chi connectivity index (χ3n) is 3.44. The number of hydrogen-bond acceptors (Lipinski definition) is 3. The van der Waals surface area contributed by atoms with Crippen LogP contribution in [0.25, 0.3) is 0 Å². The predicted molar refractivity (Wildman–Crippen MR) is 79.7 cm³/mol. The summed E-state index contributed by atoms with van der Waals surface area (Å²) in [6, 6.07) is 7.91. The number of likely N-dealkylation sites (tertiary alicyclic amines) is 1. The van der Waals surface area contributed by atoms with Crippen molar-refractivity contribution in [3.05, 3.63) is 47.8 Å². The SMILES string of the molecule is O=C(c1ccc(CSc2ncc[nH]2)cc1)N1CCCC1. The maximum absolute atomic E-state index is 12.2. The monoisotopic (exact) mass is 287 g/mol. The zero-order chi connectivity index (χ0) is 13.8. The summed E-state index contributed by atoms with van der Waals surface area (Å²) in [6.07, 6.45) is 5.83. The van der Waals surface area contributed by atoms with Crippen LogP contribution in [0.2, 0.25) is 0 Å². The Morgan fingerprint density at radius 2 is 2.00 bits per heavy atom. The predicted octanol–water partition coefficient (Wildman–Crippen LogP) is 2.94. The van der Waals surface area contributed by atoms with E-state index in [2.05, 4.69) is 9.97 Å². The van der Waals surface area contributed by atoms with Crippen molar-refractivity contribution < 1.29 is 4.79 Å². The van der Waals surface area contributed by atoms with E-state index in [4.69, 9.17) is 0 Å². The average molecular weight is 287 g/mol. The van der Waals surface area contributed by atoms with Gasteiger partial charge in [0.1, 0.15) is 0 Å². The fraction of sp³-hybridized carbons (Fsp3) is 0.333. The van der Waals surface area contributed by atoms with Crippen LogP contribution < -0.4 is 0 Å². The molecule has 1 aliphatic rings. The number of benzene rings is 1. The van der Waals surface area contributed by atoms with Crippen LogP contribution >= 0.6 is 11.8 Å². The summed E-state index contributed by atoms with van der Waals surface area (Å²) in [5, 5.41) is 0.919. The van der Waals surface area contributed by atoms with Crippen LogP contribution in [0.15, 0.2) is 41.8 Å². The molecule has 0 saturated carbocycles. The van der Waals surface area contributed by atoms with E-state index in [0.717, 1.165) is 42.4 Å². The van der Waals surface area contributed by atoms with Crippen LogP contribution in [-0.4, -0.2) is 33.9 Å². The molecule has 1 fully saturated rings. The van der Waals surface area contributed by atoms with Gasteiger partial charge in [-0.3, -0.25) is 4.79 Å². The van der Waals surface area contributed by atoms with Crippen molar-refractivity contribution in [2.45, 2.75) is 23.8 Å². The van der Waals surface area contributed by atoms with Crippen molar-refractivity contribution in [1.82, 2.24) is 14.9 Å². The molecular weight excluding hydrogens is 270 g/mol. The standard InChI is InChI=1S/C15H17N3OS/c19-14(18-9-1-2-10-18)13-5-3-12(4-6-13)11-20-15-16-7-8-17-15/h3-8H,1-2,9-11H2,(H,16,17). The van der Waals surface area contributed by atoms with E-state index < -0.39 is 0 Å². The van der Waals surface area contributed by atoms with Crippen molar-refractivity contribution in [1.29, 1.82) is 0 Å². The van der Waals surface area contributed by atoms with Gasteiger partial charge in [0.05, 0.1) is 0 Å². The first-order valence-corrected chi connectivity index (χ1v) is 7.82. The van der Waals surface area contributed by atoms with Gasteiger partial charge in [-0.2, -0.15) is 0 Å². The number of aromatic amines is 1. The smallest absolute Gasteiger partial charge is 0.253 e. The fourth-order valence-corrected chi connectivity index (χ4v) is 3.11. The van der Waals surface area contributed by atoms with Crippen molar-refractivity contribution in [2.75, 3.05) is 13.1 Å². The number of thioether (sulfide) groups is 1. The number of hydrogen-bond donors (Lipinski definition) is 1. The number of aromatic nitrogens is 2. The van der Waals surface area contributed by atoms with Gasteiger partial charge in [0.2, 0.25) is 0 Å². The molecule has 2 heterocycles. The second-order valence-corrected chi connectivity index (χ2v) is 5.84. The number of carbonyl (C=O) groups excluding carboxylic acids is 1. The maximum atomic E-state index is 12.2. The van der Waals surface area contributed by atoms with Crippen LogP contribution in [0.1, 0.15) is 28.8 Å². The number of nitrogens with one attached hydrogen (secondary N) is 1. The van der Waals surface area contributed by atoms with Gasteiger partial charge in [-0.1, -0.05) is 23.9 Å². The quantitative estimate of drug-likeness (QED) is 0.880. The molecule has 0 bridgehead atoms. The lowest BCUT2D eigenvalue weighted by Gasteiger charge is -2.15. The first kappa shape index (κ1) is 13.2. The molecule has 20 heavy (non-hydrogen) atoms. The van der Waals surface area contributed by atoms with Crippen LogP contribution in [0.3, 0.4) is 0 Å². The highest BCUT2D eigenvalue weighted by Gasteiger charge is 2.19. The van der Waals surface area contributed by atoms with Crippen molar-refractivity contribution in [3.8, 4) is 0 Å². The number of imidazole rings is 1. The molecule has 0 radical (unpaired) electrons. The number of rotatable bonds is 4. The zero-order valence-electron chi connectivity index (χ0n) is 11.2. The Bertz CT molecular complexity index is 559. The second-order valence-electron chi connectivity index (χ2n) is 4.88. The Kier molecular flexibility index (Phi) is 4.06. The molecule has 2 aromatic rings. The molecule has 1 amide bonds. The number of carbonyl (C=O) groups is 1. The van der Waals surface area contributed by atoms with Crippen molar-refractivity contribution in [2.24, 2.45) is 0 Å². The minimum atomic E-state index is 0.160. The zero-order valence-corrected chi connectivity index (χ0v) is 12.0. The summed E-state index contributed by atoms with van der Waals surface area (Å²) < 4.78 is 0. The molecule has 0 spiro atoms. The fourth-order valence-electron chi connectivity index (χ4n) is 2.33. The van der Waals surface area contributed by atoms with Crippen LogP contribution in [0.5, 0.6) is 0 Å². The molecule has 4 nitrogen and oxygen atoms in total. The van der Waals surface area contributed by atoms with Gasteiger partial charge in [-0.15, -0.1) is 0 Å². The number of amides is 1. The van der Waals surface area contributed by atoms with Gasteiger partial charge in [0, 0.05) is 36.8 Å². The molecule has 1 N–H and O–H groups in total. The molecule has 0 unspecified atom stereocenters. The summed E-state index contributed by atoms with van der Waals surface area (Å²) in [5.41, 5.74) is 1.99. The lowest BCUT2D eigenvalue weighted by molar-refractivity contribution is 0.0793.